The molecule has 8 nitrogen and oxygen atoms in total. The van der Waals surface area contributed by atoms with Gasteiger partial charge in [0.15, 0.2) is 0 Å². The number of alkyl halides is 1. The Bertz CT molecular complexity index is 1060. The van der Waals surface area contributed by atoms with Gasteiger partial charge in [-0.15, -0.1) is 16.7 Å². The van der Waals surface area contributed by atoms with Gasteiger partial charge in [0, 0.05) is 5.41 Å². The summed E-state index contributed by atoms with van der Waals surface area (Å²) in [6, 6.07) is 13.2. The second-order valence-corrected chi connectivity index (χ2v) is 9.16. The summed E-state index contributed by atoms with van der Waals surface area (Å²) >= 11 is 12.0. The van der Waals surface area contributed by atoms with Crippen LogP contribution in [0.15, 0.2) is 48.7 Å². The van der Waals surface area contributed by atoms with Crippen molar-refractivity contribution in [3.8, 4) is 11.5 Å². The SMILES string of the molecule is CC(C)(c1ccc(OC[C@@H](O)Cn2nncc2CO)cc1)c1ccc(OC[C@@H](O)CCl)c(Cl)c1. The molecule has 1 heterocycles. The van der Waals surface area contributed by atoms with Gasteiger partial charge in [-0.3, -0.25) is 0 Å². The van der Waals surface area contributed by atoms with E-state index in [-0.39, 0.29) is 37.7 Å². The number of nitrogens with zero attached hydrogens (tertiary/aromatic N) is 3. The van der Waals surface area contributed by atoms with E-state index in [0.717, 1.165) is 11.1 Å². The molecule has 0 saturated heterocycles. The van der Waals surface area contributed by atoms with Gasteiger partial charge in [-0.25, -0.2) is 4.68 Å². The molecule has 0 saturated carbocycles. The van der Waals surface area contributed by atoms with Crippen LogP contribution in [-0.4, -0.2) is 61.6 Å². The lowest BCUT2D eigenvalue weighted by molar-refractivity contribution is 0.0866. The molecular formula is C24H29Cl2N3O5. The number of rotatable bonds is 12. The maximum Gasteiger partial charge on any atom is 0.138 e. The van der Waals surface area contributed by atoms with E-state index in [9.17, 15) is 15.3 Å². The van der Waals surface area contributed by atoms with E-state index in [1.165, 1.54) is 10.9 Å². The second-order valence-electron chi connectivity index (χ2n) is 8.44. The molecule has 34 heavy (non-hydrogen) atoms. The van der Waals surface area contributed by atoms with E-state index in [0.29, 0.717) is 22.2 Å². The normalized spacial score (nSPS) is 13.5. The van der Waals surface area contributed by atoms with Crippen LogP contribution in [0.5, 0.6) is 11.5 Å². The zero-order valence-corrected chi connectivity index (χ0v) is 20.6. The molecule has 0 unspecified atom stereocenters. The molecule has 0 spiro atoms. The molecule has 10 heteroatoms. The van der Waals surface area contributed by atoms with Crippen LogP contribution in [0.2, 0.25) is 5.02 Å². The minimum Gasteiger partial charge on any atom is -0.491 e. The quantitative estimate of drug-likeness (QED) is 0.321. The van der Waals surface area contributed by atoms with E-state index >= 15 is 0 Å². The topological polar surface area (TPSA) is 110 Å². The summed E-state index contributed by atoms with van der Waals surface area (Å²) < 4.78 is 12.7. The first-order valence-electron chi connectivity index (χ1n) is 10.8. The summed E-state index contributed by atoms with van der Waals surface area (Å²) in [5.74, 6) is 1.21. The molecule has 0 amide bonds. The molecular weight excluding hydrogens is 481 g/mol. The fourth-order valence-electron chi connectivity index (χ4n) is 3.37. The van der Waals surface area contributed by atoms with Crippen molar-refractivity contribution in [3.63, 3.8) is 0 Å². The fourth-order valence-corrected chi connectivity index (χ4v) is 3.70. The summed E-state index contributed by atoms with van der Waals surface area (Å²) in [5.41, 5.74) is 2.24. The number of benzene rings is 2. The van der Waals surface area contributed by atoms with Crippen LogP contribution in [0.25, 0.3) is 0 Å². The zero-order valence-electron chi connectivity index (χ0n) is 19.1. The summed E-state index contributed by atoms with van der Waals surface area (Å²) in [5, 5.41) is 37.1. The summed E-state index contributed by atoms with van der Waals surface area (Å²) in [4.78, 5) is 0. The second kappa shape index (κ2) is 11.9. The number of halogens is 2. The standard InChI is InChI=1S/C24H29Cl2N3O5/c1-24(2,17-5-8-23(22(26)9-17)34-14-19(31)10-25)16-3-6-21(7-4-16)33-15-20(32)12-29-18(13-30)11-27-28-29/h3-9,11,19-20,30-32H,10,12-15H2,1-2H3/t19-,20-/m0/s1. The molecule has 0 aliphatic rings. The summed E-state index contributed by atoms with van der Waals surface area (Å²) in [6.07, 6.45) is -0.110. The zero-order chi connectivity index (χ0) is 24.7. The average molecular weight is 510 g/mol. The Kier molecular flexibility index (Phi) is 9.16. The number of ether oxygens (including phenoxy) is 2. The van der Waals surface area contributed by atoms with Crippen LogP contribution in [0.1, 0.15) is 30.7 Å². The van der Waals surface area contributed by atoms with E-state index < -0.39 is 12.2 Å². The van der Waals surface area contributed by atoms with Crippen molar-refractivity contribution in [2.24, 2.45) is 0 Å². The molecule has 2 atom stereocenters. The highest BCUT2D eigenvalue weighted by molar-refractivity contribution is 6.32. The molecule has 0 aliphatic carbocycles. The van der Waals surface area contributed by atoms with Gasteiger partial charge >= 0.3 is 0 Å². The Hall–Kier alpha value is -2.36. The van der Waals surface area contributed by atoms with E-state index in [1.54, 1.807) is 6.07 Å². The molecule has 1 aromatic heterocycles. The molecule has 3 rings (SSSR count). The predicted molar refractivity (Wildman–Crippen MR) is 130 cm³/mol. The minimum absolute atomic E-state index is 0.0724. The molecule has 0 radical (unpaired) electrons. The number of aliphatic hydroxyl groups excluding tert-OH is 3. The summed E-state index contributed by atoms with van der Waals surface area (Å²) in [7, 11) is 0. The predicted octanol–water partition coefficient (Wildman–Crippen LogP) is 3.17. The third-order valence-electron chi connectivity index (χ3n) is 5.52. The van der Waals surface area contributed by atoms with Crippen molar-refractivity contribution in [3.05, 3.63) is 70.5 Å². The molecule has 184 valence electrons. The number of aromatic nitrogens is 3. The van der Waals surface area contributed by atoms with Crippen molar-refractivity contribution in [1.29, 1.82) is 0 Å². The maximum absolute atomic E-state index is 10.2. The lowest BCUT2D eigenvalue weighted by Gasteiger charge is -2.27. The van der Waals surface area contributed by atoms with Crippen molar-refractivity contribution in [1.82, 2.24) is 15.0 Å². The maximum atomic E-state index is 10.2. The molecule has 3 N–H and O–H groups in total. The van der Waals surface area contributed by atoms with Crippen LogP contribution >= 0.6 is 23.2 Å². The van der Waals surface area contributed by atoms with Crippen molar-refractivity contribution >= 4 is 23.2 Å². The third kappa shape index (κ3) is 6.61. The van der Waals surface area contributed by atoms with Crippen molar-refractivity contribution in [2.45, 2.75) is 44.6 Å². The first kappa shape index (κ1) is 26.2. The molecule has 2 aromatic carbocycles. The highest BCUT2D eigenvalue weighted by Gasteiger charge is 2.24. The average Bonchev–Trinajstić information content (AvgIpc) is 3.28. The smallest absolute Gasteiger partial charge is 0.138 e. The van der Waals surface area contributed by atoms with Gasteiger partial charge in [-0.1, -0.05) is 48.9 Å². The van der Waals surface area contributed by atoms with E-state index in [2.05, 4.69) is 24.2 Å². The van der Waals surface area contributed by atoms with E-state index in [4.69, 9.17) is 32.7 Å². The molecule has 0 bridgehead atoms. The summed E-state index contributed by atoms with van der Waals surface area (Å²) in [6.45, 7) is 4.30. The highest BCUT2D eigenvalue weighted by Crippen LogP contribution is 2.36. The van der Waals surface area contributed by atoms with Gasteiger partial charge < -0.3 is 24.8 Å². The van der Waals surface area contributed by atoms with Crippen LogP contribution in [0.4, 0.5) is 0 Å². The monoisotopic (exact) mass is 509 g/mol. The Balaban J connectivity index is 1.61. The Morgan fingerprint density at radius 2 is 1.68 bits per heavy atom. The van der Waals surface area contributed by atoms with Crippen molar-refractivity contribution < 1.29 is 24.8 Å². The molecule has 0 aliphatic heterocycles. The highest BCUT2D eigenvalue weighted by atomic mass is 35.5. The minimum atomic E-state index is -0.809. The number of aliphatic hydroxyl groups is 3. The van der Waals surface area contributed by atoms with Gasteiger partial charge in [0.1, 0.15) is 36.9 Å². The van der Waals surface area contributed by atoms with Gasteiger partial charge in [0.25, 0.3) is 0 Å². The lowest BCUT2D eigenvalue weighted by Crippen LogP contribution is -2.25. The first-order chi connectivity index (χ1) is 16.2. The van der Waals surface area contributed by atoms with E-state index in [1.807, 2.05) is 36.4 Å². The Labute approximate surface area is 208 Å². The Morgan fingerprint density at radius 1 is 1.00 bits per heavy atom. The van der Waals surface area contributed by atoms with Crippen molar-refractivity contribution in [2.75, 3.05) is 19.1 Å². The fraction of sp³-hybridized carbons (Fsp3) is 0.417. The Morgan fingerprint density at radius 3 is 2.32 bits per heavy atom. The van der Waals surface area contributed by atoms with Crippen LogP contribution in [-0.2, 0) is 18.6 Å². The first-order valence-corrected chi connectivity index (χ1v) is 11.7. The molecule has 0 fully saturated rings. The number of hydrogen-bond donors (Lipinski definition) is 3. The third-order valence-corrected chi connectivity index (χ3v) is 6.18. The largest absolute Gasteiger partial charge is 0.491 e. The van der Waals surface area contributed by atoms with Gasteiger partial charge in [0.2, 0.25) is 0 Å². The van der Waals surface area contributed by atoms with Gasteiger partial charge in [-0.2, -0.15) is 0 Å². The molecule has 3 aromatic rings. The van der Waals surface area contributed by atoms with Gasteiger partial charge in [-0.05, 0) is 35.4 Å². The van der Waals surface area contributed by atoms with Crippen LogP contribution in [0, 0.1) is 0 Å². The van der Waals surface area contributed by atoms with Gasteiger partial charge in [0.05, 0.1) is 35.9 Å². The van der Waals surface area contributed by atoms with Crippen LogP contribution < -0.4 is 9.47 Å². The number of hydrogen-bond acceptors (Lipinski definition) is 7. The van der Waals surface area contributed by atoms with Crippen LogP contribution in [0.3, 0.4) is 0 Å². The lowest BCUT2D eigenvalue weighted by atomic mass is 9.78.